The van der Waals surface area contributed by atoms with Crippen LogP contribution in [-0.4, -0.2) is 26.9 Å². The quantitative estimate of drug-likeness (QED) is 0.448. The van der Waals surface area contributed by atoms with Crippen LogP contribution >= 0.6 is 0 Å². The molecule has 0 aliphatic carbocycles. The number of carbonyl (C=O) groups is 2. The number of rotatable bonds is 5. The van der Waals surface area contributed by atoms with E-state index in [2.05, 4.69) is 4.98 Å². The van der Waals surface area contributed by atoms with Gasteiger partial charge in [0.15, 0.2) is 0 Å². The fraction of sp³-hybridized carbons (Fsp3) is 0.0667. The van der Waals surface area contributed by atoms with Gasteiger partial charge in [-0.05, 0) is 29.8 Å². The molecule has 2 aromatic rings. The predicted molar refractivity (Wildman–Crippen MR) is 72.7 cm³/mol. The van der Waals surface area contributed by atoms with Gasteiger partial charge in [-0.1, -0.05) is 12.1 Å². The van der Waals surface area contributed by atoms with Crippen LogP contribution in [0.3, 0.4) is 0 Å². The average Bonchev–Trinajstić information content (AvgIpc) is 2.90. The van der Waals surface area contributed by atoms with Crippen LogP contribution in [0.1, 0.15) is 21.7 Å². The molecule has 0 aliphatic rings. The van der Waals surface area contributed by atoms with Crippen LogP contribution < -0.4 is 0 Å². The summed E-state index contributed by atoms with van der Waals surface area (Å²) in [6.07, 6.45) is 1.11. The number of aromatic nitrogens is 1. The van der Waals surface area contributed by atoms with Gasteiger partial charge in [0.05, 0.1) is 5.69 Å². The first-order chi connectivity index (χ1) is 9.95. The zero-order valence-electron chi connectivity index (χ0n) is 10.8. The van der Waals surface area contributed by atoms with Crippen molar-refractivity contribution in [1.82, 2.24) is 4.98 Å². The summed E-state index contributed by atoms with van der Waals surface area (Å²) in [5.74, 6) is -3.55. The highest BCUT2D eigenvalue weighted by Crippen LogP contribution is 2.11. The molecule has 0 radical (unpaired) electrons. The Kier molecular flexibility index (Phi) is 4.18. The lowest BCUT2D eigenvalue weighted by Gasteiger charge is -1.99. The van der Waals surface area contributed by atoms with E-state index in [1.54, 1.807) is 18.2 Å². The van der Waals surface area contributed by atoms with Gasteiger partial charge in [0.1, 0.15) is 5.82 Å². The Bertz CT molecular complexity index is 701. The highest BCUT2D eigenvalue weighted by molar-refractivity contribution is 6.06. The Morgan fingerprint density at radius 1 is 1.10 bits per heavy atom. The molecule has 3 N–H and O–H groups in total. The molecule has 21 heavy (non-hydrogen) atoms. The molecular formula is C15H12FNO4. The van der Waals surface area contributed by atoms with Crippen molar-refractivity contribution < 1.29 is 24.2 Å². The molecule has 0 atom stereocenters. The van der Waals surface area contributed by atoms with Crippen molar-refractivity contribution in [3.8, 4) is 0 Å². The molecule has 0 fully saturated rings. The Labute approximate surface area is 119 Å². The van der Waals surface area contributed by atoms with Crippen molar-refractivity contribution in [3.63, 3.8) is 0 Å². The number of ketones is 1. The summed E-state index contributed by atoms with van der Waals surface area (Å²) in [6.45, 7) is 0. The number of halogens is 1. The molecule has 0 saturated heterocycles. The summed E-state index contributed by atoms with van der Waals surface area (Å²) in [7, 11) is 0. The van der Waals surface area contributed by atoms with E-state index in [9.17, 15) is 14.0 Å². The minimum atomic E-state index is -1.57. The molecule has 0 bridgehead atoms. The van der Waals surface area contributed by atoms with Crippen LogP contribution in [0.2, 0.25) is 0 Å². The van der Waals surface area contributed by atoms with E-state index in [1.165, 1.54) is 18.2 Å². The summed E-state index contributed by atoms with van der Waals surface area (Å²) < 4.78 is 12.8. The van der Waals surface area contributed by atoms with E-state index < -0.39 is 17.5 Å². The maximum absolute atomic E-state index is 12.8. The molecule has 5 nitrogen and oxygen atoms in total. The number of aliphatic hydroxyl groups excluding tert-OH is 1. The fourth-order valence-electron chi connectivity index (χ4n) is 1.77. The number of carbonyl (C=O) groups excluding carboxylic acids is 1. The van der Waals surface area contributed by atoms with Gasteiger partial charge in [-0.2, -0.15) is 0 Å². The molecule has 2 rings (SSSR count). The Morgan fingerprint density at radius 3 is 2.38 bits per heavy atom. The van der Waals surface area contributed by atoms with Crippen molar-refractivity contribution in [2.45, 2.75) is 6.42 Å². The van der Waals surface area contributed by atoms with E-state index in [4.69, 9.17) is 10.2 Å². The number of aliphatic hydroxyl groups is 1. The molecule has 0 spiro atoms. The third-order valence-corrected chi connectivity index (χ3v) is 2.81. The number of hydrogen-bond acceptors (Lipinski definition) is 3. The fourth-order valence-corrected chi connectivity index (χ4v) is 1.77. The second-order valence-corrected chi connectivity index (χ2v) is 4.40. The van der Waals surface area contributed by atoms with Gasteiger partial charge in [-0.3, -0.25) is 4.79 Å². The zero-order chi connectivity index (χ0) is 15.4. The summed E-state index contributed by atoms with van der Waals surface area (Å²) in [5, 5.41) is 17.5. The van der Waals surface area contributed by atoms with E-state index in [0.29, 0.717) is 18.2 Å². The van der Waals surface area contributed by atoms with Gasteiger partial charge >= 0.3 is 5.97 Å². The van der Waals surface area contributed by atoms with Crippen LogP contribution in [0.5, 0.6) is 0 Å². The second-order valence-electron chi connectivity index (χ2n) is 4.40. The highest BCUT2D eigenvalue weighted by Gasteiger charge is 2.11. The normalized spacial score (nSPS) is 11.4. The van der Waals surface area contributed by atoms with Crippen molar-refractivity contribution in [2.75, 3.05) is 0 Å². The molecule has 0 amide bonds. The van der Waals surface area contributed by atoms with Gasteiger partial charge in [0.25, 0.3) is 0 Å². The molecule has 108 valence electrons. The average molecular weight is 289 g/mol. The SMILES string of the molecule is O=C(O)C(O)=CC(=O)c1ccc(Cc2ccc(F)cc2)[nH]1. The summed E-state index contributed by atoms with van der Waals surface area (Å²) in [6, 6.07) is 9.12. The van der Waals surface area contributed by atoms with Gasteiger partial charge in [-0.25, -0.2) is 9.18 Å². The Morgan fingerprint density at radius 2 is 1.76 bits per heavy atom. The molecule has 0 aliphatic heterocycles. The number of aliphatic carboxylic acids is 1. The summed E-state index contributed by atoms with van der Waals surface area (Å²) in [4.78, 5) is 24.9. The number of allylic oxidation sites excluding steroid dienone is 1. The molecule has 1 aromatic heterocycles. The third-order valence-electron chi connectivity index (χ3n) is 2.81. The largest absolute Gasteiger partial charge is 0.502 e. The first-order valence-electron chi connectivity index (χ1n) is 6.06. The topological polar surface area (TPSA) is 90.4 Å². The lowest BCUT2D eigenvalue weighted by Crippen LogP contribution is -2.04. The number of hydrogen-bond donors (Lipinski definition) is 3. The van der Waals surface area contributed by atoms with Crippen LogP contribution in [0.25, 0.3) is 0 Å². The van der Waals surface area contributed by atoms with E-state index >= 15 is 0 Å². The van der Waals surface area contributed by atoms with E-state index in [0.717, 1.165) is 5.56 Å². The van der Waals surface area contributed by atoms with Crippen molar-refractivity contribution in [2.24, 2.45) is 0 Å². The standard InChI is InChI=1S/C15H12FNO4/c16-10-3-1-9(2-4-10)7-11-5-6-12(17-11)13(18)8-14(19)15(20)21/h1-6,8,17,19H,7H2,(H,20,21). The van der Waals surface area contributed by atoms with Gasteiger partial charge in [0, 0.05) is 18.2 Å². The minimum absolute atomic E-state index is 0.167. The van der Waals surface area contributed by atoms with E-state index in [1.807, 2.05) is 0 Å². The number of H-pyrrole nitrogens is 1. The molecule has 1 aromatic carbocycles. The monoisotopic (exact) mass is 289 g/mol. The van der Waals surface area contributed by atoms with Crippen LogP contribution in [0, 0.1) is 5.82 Å². The smallest absolute Gasteiger partial charge is 0.371 e. The molecule has 0 saturated carbocycles. The highest BCUT2D eigenvalue weighted by atomic mass is 19.1. The first kappa shape index (κ1) is 14.5. The van der Waals surface area contributed by atoms with Crippen LogP contribution in [-0.2, 0) is 11.2 Å². The number of nitrogens with one attached hydrogen (secondary N) is 1. The van der Waals surface area contributed by atoms with Crippen molar-refractivity contribution >= 4 is 11.8 Å². The third kappa shape index (κ3) is 3.79. The molecule has 6 heteroatoms. The number of benzene rings is 1. The van der Waals surface area contributed by atoms with Gasteiger partial charge in [0.2, 0.25) is 11.5 Å². The van der Waals surface area contributed by atoms with Crippen molar-refractivity contribution in [3.05, 3.63) is 71.0 Å². The maximum atomic E-state index is 12.8. The minimum Gasteiger partial charge on any atom is -0.502 e. The van der Waals surface area contributed by atoms with Crippen LogP contribution in [0.15, 0.2) is 48.2 Å². The zero-order valence-corrected chi connectivity index (χ0v) is 10.8. The molecule has 0 unspecified atom stereocenters. The second kappa shape index (κ2) is 6.04. The number of carboxylic acid groups (broad SMARTS) is 1. The lowest BCUT2D eigenvalue weighted by atomic mass is 10.1. The maximum Gasteiger partial charge on any atom is 0.371 e. The Hall–Kier alpha value is -2.89. The summed E-state index contributed by atoms with van der Waals surface area (Å²) in [5.41, 5.74) is 1.74. The van der Waals surface area contributed by atoms with E-state index in [-0.39, 0.29) is 11.5 Å². The number of aromatic amines is 1. The van der Waals surface area contributed by atoms with Gasteiger partial charge in [-0.15, -0.1) is 0 Å². The Balaban J connectivity index is 2.11. The first-order valence-corrected chi connectivity index (χ1v) is 6.06. The molecular weight excluding hydrogens is 277 g/mol. The van der Waals surface area contributed by atoms with Crippen molar-refractivity contribution in [1.29, 1.82) is 0 Å². The van der Waals surface area contributed by atoms with Gasteiger partial charge < -0.3 is 15.2 Å². The molecule has 1 heterocycles. The number of carboxylic acids is 1. The predicted octanol–water partition coefficient (Wildman–Crippen LogP) is 2.45. The lowest BCUT2D eigenvalue weighted by molar-refractivity contribution is -0.135. The summed E-state index contributed by atoms with van der Waals surface area (Å²) >= 11 is 0. The van der Waals surface area contributed by atoms with Crippen LogP contribution in [0.4, 0.5) is 4.39 Å².